The number of methoxy groups -OCH3 is 1. The number of carbonyl (C=O) groups excluding carboxylic acids is 4. The van der Waals surface area contributed by atoms with Gasteiger partial charge in [-0.2, -0.15) is 0 Å². The molecule has 0 fully saturated rings. The summed E-state index contributed by atoms with van der Waals surface area (Å²) in [5.41, 5.74) is 0.214. The van der Waals surface area contributed by atoms with E-state index in [1.807, 2.05) is 13.8 Å². The molecule has 3 rings (SSSR count). The summed E-state index contributed by atoms with van der Waals surface area (Å²) in [4.78, 5) is 54.0. The van der Waals surface area contributed by atoms with Gasteiger partial charge in [0.25, 0.3) is 5.91 Å². The Morgan fingerprint density at radius 1 is 1.10 bits per heavy atom. The maximum Gasteiger partial charge on any atom is 0.255 e. The number of fused-ring (bicyclic) bond motifs is 1. The predicted octanol–water partition coefficient (Wildman–Crippen LogP) is 1.76. The van der Waals surface area contributed by atoms with Crippen molar-refractivity contribution in [2.45, 2.75) is 38.8 Å². The average Bonchev–Trinajstić information content (AvgIpc) is 2.93. The third-order valence-electron chi connectivity index (χ3n) is 6.26. The highest BCUT2D eigenvalue weighted by molar-refractivity contribution is 6.01. The van der Waals surface area contributed by atoms with Crippen molar-refractivity contribution < 1.29 is 33.4 Å². The SMILES string of the molecule is COc1cccc(OCCNC(=O)[C@@H]2CC(=O)N[C@H](CC(C)C)C(=O)N(C)CCOc3ccccc3C(=O)N2)c1. The van der Waals surface area contributed by atoms with E-state index in [2.05, 4.69) is 16.0 Å². The molecule has 11 nitrogen and oxygen atoms in total. The van der Waals surface area contributed by atoms with Gasteiger partial charge in [0.1, 0.15) is 42.5 Å². The predicted molar refractivity (Wildman–Crippen MR) is 148 cm³/mol. The number of nitrogens with one attached hydrogen (secondary N) is 3. The Bertz CT molecular complexity index is 1190. The normalized spacial score (nSPS) is 18.5. The van der Waals surface area contributed by atoms with Gasteiger partial charge in [-0.3, -0.25) is 19.2 Å². The second-order valence-electron chi connectivity index (χ2n) is 9.90. The zero-order valence-corrected chi connectivity index (χ0v) is 23.4. The van der Waals surface area contributed by atoms with E-state index in [9.17, 15) is 19.2 Å². The van der Waals surface area contributed by atoms with Crippen molar-refractivity contribution in [2.75, 3.05) is 40.5 Å². The molecular weight excluding hydrogens is 516 g/mol. The Balaban J connectivity index is 1.76. The van der Waals surface area contributed by atoms with Crippen LogP contribution in [0.15, 0.2) is 48.5 Å². The molecular formula is C29H38N4O7. The molecule has 11 heteroatoms. The number of carbonyl (C=O) groups is 4. The maximum absolute atomic E-state index is 13.2. The highest BCUT2D eigenvalue weighted by Gasteiger charge is 2.30. The van der Waals surface area contributed by atoms with Crippen LogP contribution in [0.5, 0.6) is 17.2 Å². The van der Waals surface area contributed by atoms with Crippen molar-refractivity contribution in [3.63, 3.8) is 0 Å². The molecule has 3 N–H and O–H groups in total. The molecule has 0 saturated carbocycles. The number of rotatable bonds is 8. The summed E-state index contributed by atoms with van der Waals surface area (Å²) in [6.45, 7) is 4.60. The van der Waals surface area contributed by atoms with Crippen molar-refractivity contribution in [3.05, 3.63) is 54.1 Å². The second kappa shape index (κ2) is 14.8. The fraction of sp³-hybridized carbons (Fsp3) is 0.448. The van der Waals surface area contributed by atoms with Gasteiger partial charge in [-0.1, -0.05) is 32.0 Å². The molecule has 2 atom stereocenters. The summed E-state index contributed by atoms with van der Waals surface area (Å²) in [6, 6.07) is 11.7. The summed E-state index contributed by atoms with van der Waals surface area (Å²) < 4.78 is 16.7. The van der Waals surface area contributed by atoms with E-state index < -0.39 is 29.8 Å². The lowest BCUT2D eigenvalue weighted by Crippen LogP contribution is -2.53. The van der Waals surface area contributed by atoms with E-state index in [1.54, 1.807) is 62.7 Å². The van der Waals surface area contributed by atoms with Crippen LogP contribution in [0, 0.1) is 5.92 Å². The molecule has 0 saturated heterocycles. The number of benzene rings is 2. The smallest absolute Gasteiger partial charge is 0.255 e. The van der Waals surface area contributed by atoms with Gasteiger partial charge in [0.2, 0.25) is 17.7 Å². The van der Waals surface area contributed by atoms with Gasteiger partial charge in [-0.25, -0.2) is 0 Å². The van der Waals surface area contributed by atoms with Crippen LogP contribution < -0.4 is 30.2 Å². The number of nitrogens with zero attached hydrogens (tertiary/aromatic N) is 1. The lowest BCUT2D eigenvalue weighted by molar-refractivity contribution is -0.136. The van der Waals surface area contributed by atoms with Gasteiger partial charge in [-0.05, 0) is 36.6 Å². The standard InChI is InChI=1S/C29H38N4O7/c1-19(2)16-24-29(37)33(3)13-15-40-25-11-6-5-10-22(25)27(35)32-23(18-26(34)31-24)28(36)30-12-14-39-21-9-7-8-20(17-21)38-4/h5-11,17,19,23-24H,12-16,18H2,1-4H3,(H,30,36)(H,31,34)(H,32,35)/t23-,24+/m0/s1. The minimum atomic E-state index is -1.20. The molecule has 1 heterocycles. The summed E-state index contributed by atoms with van der Waals surface area (Å²) >= 11 is 0. The van der Waals surface area contributed by atoms with Crippen LogP contribution in [0.3, 0.4) is 0 Å². The molecule has 40 heavy (non-hydrogen) atoms. The number of likely N-dealkylation sites (N-methyl/N-ethyl adjacent to an activating group) is 1. The molecule has 2 aromatic carbocycles. The largest absolute Gasteiger partial charge is 0.497 e. The van der Waals surface area contributed by atoms with Gasteiger partial charge in [0.15, 0.2) is 0 Å². The van der Waals surface area contributed by atoms with Crippen molar-refractivity contribution in [1.29, 1.82) is 0 Å². The van der Waals surface area contributed by atoms with E-state index in [0.29, 0.717) is 23.7 Å². The minimum Gasteiger partial charge on any atom is -0.497 e. The highest BCUT2D eigenvalue weighted by atomic mass is 16.5. The Kier molecular flexibility index (Phi) is 11.2. The number of amides is 4. The summed E-state index contributed by atoms with van der Waals surface area (Å²) in [5.74, 6) is -0.248. The van der Waals surface area contributed by atoms with Gasteiger partial charge in [-0.15, -0.1) is 0 Å². The van der Waals surface area contributed by atoms with E-state index in [0.717, 1.165) is 0 Å². The Morgan fingerprint density at radius 2 is 1.85 bits per heavy atom. The molecule has 0 unspecified atom stereocenters. The van der Waals surface area contributed by atoms with E-state index in [1.165, 1.54) is 4.90 Å². The summed E-state index contributed by atoms with van der Waals surface area (Å²) in [5, 5.41) is 8.14. The molecule has 1 aliphatic heterocycles. The fourth-order valence-electron chi connectivity index (χ4n) is 4.18. The fourth-order valence-corrected chi connectivity index (χ4v) is 4.18. The number of hydrogen-bond acceptors (Lipinski definition) is 7. The highest BCUT2D eigenvalue weighted by Crippen LogP contribution is 2.20. The molecule has 0 aromatic heterocycles. The van der Waals surface area contributed by atoms with Crippen molar-refractivity contribution in [1.82, 2.24) is 20.9 Å². The molecule has 2 aromatic rings. The Labute approximate surface area is 234 Å². The summed E-state index contributed by atoms with van der Waals surface area (Å²) in [6.07, 6.45) is 0.0619. The Morgan fingerprint density at radius 3 is 2.60 bits per heavy atom. The molecule has 1 aliphatic rings. The van der Waals surface area contributed by atoms with Crippen LogP contribution in [0.1, 0.15) is 37.0 Å². The molecule has 0 radical (unpaired) electrons. The number of para-hydroxylation sites is 1. The molecule has 216 valence electrons. The van der Waals surface area contributed by atoms with Crippen LogP contribution in [-0.2, 0) is 14.4 Å². The van der Waals surface area contributed by atoms with Gasteiger partial charge >= 0.3 is 0 Å². The quantitative estimate of drug-likeness (QED) is 0.423. The summed E-state index contributed by atoms with van der Waals surface area (Å²) in [7, 11) is 3.19. The van der Waals surface area contributed by atoms with Gasteiger partial charge < -0.3 is 35.1 Å². The van der Waals surface area contributed by atoms with Crippen LogP contribution in [0.25, 0.3) is 0 Å². The van der Waals surface area contributed by atoms with E-state index >= 15 is 0 Å². The van der Waals surface area contributed by atoms with Crippen molar-refractivity contribution in [2.24, 2.45) is 5.92 Å². The number of ether oxygens (including phenoxy) is 3. The van der Waals surface area contributed by atoms with Crippen molar-refractivity contribution >= 4 is 23.6 Å². The number of hydrogen-bond donors (Lipinski definition) is 3. The lowest BCUT2D eigenvalue weighted by atomic mass is 10.0. The van der Waals surface area contributed by atoms with Crippen LogP contribution in [0.4, 0.5) is 0 Å². The third-order valence-corrected chi connectivity index (χ3v) is 6.26. The maximum atomic E-state index is 13.2. The van der Waals surface area contributed by atoms with Crippen LogP contribution >= 0.6 is 0 Å². The topological polar surface area (TPSA) is 135 Å². The molecule has 0 bridgehead atoms. The van der Waals surface area contributed by atoms with Crippen molar-refractivity contribution in [3.8, 4) is 17.2 Å². The first-order valence-corrected chi connectivity index (χ1v) is 13.3. The third kappa shape index (κ3) is 8.89. The lowest BCUT2D eigenvalue weighted by Gasteiger charge is -2.27. The Hall–Kier alpha value is -4.28. The monoisotopic (exact) mass is 554 g/mol. The first kappa shape index (κ1) is 30.3. The zero-order chi connectivity index (χ0) is 29.1. The van der Waals surface area contributed by atoms with Gasteiger partial charge in [0.05, 0.1) is 32.2 Å². The molecule has 0 spiro atoms. The van der Waals surface area contributed by atoms with Crippen LogP contribution in [0.2, 0.25) is 0 Å². The first-order chi connectivity index (χ1) is 19.2. The minimum absolute atomic E-state index is 0.128. The molecule has 4 amide bonds. The first-order valence-electron chi connectivity index (χ1n) is 13.3. The molecule has 0 aliphatic carbocycles. The second-order valence-corrected chi connectivity index (χ2v) is 9.90. The van der Waals surface area contributed by atoms with E-state index in [4.69, 9.17) is 14.2 Å². The van der Waals surface area contributed by atoms with Gasteiger partial charge in [0, 0.05) is 13.1 Å². The van der Waals surface area contributed by atoms with Crippen LogP contribution in [-0.4, -0.2) is 81.1 Å². The zero-order valence-electron chi connectivity index (χ0n) is 23.4. The van der Waals surface area contributed by atoms with E-state index in [-0.39, 0.29) is 50.1 Å². The average molecular weight is 555 g/mol.